The Morgan fingerprint density at radius 3 is 2.80 bits per heavy atom. The minimum atomic E-state index is -0.479. The Bertz CT molecular complexity index is 476. The monoisotopic (exact) mass is 279 g/mol. The van der Waals surface area contributed by atoms with E-state index in [1.165, 1.54) is 6.42 Å². The third-order valence-electron chi connectivity index (χ3n) is 3.63. The summed E-state index contributed by atoms with van der Waals surface area (Å²) in [7, 11) is 0. The van der Waals surface area contributed by atoms with E-state index in [0.717, 1.165) is 24.1 Å². The SMILES string of the molecule is CC1CC1Cn1cncc1[C@@H](C)NC(=O)OC(C)(C)C. The number of carbonyl (C=O) groups excluding carboxylic acids is 1. The zero-order valence-corrected chi connectivity index (χ0v) is 13.0. The molecular weight excluding hydrogens is 254 g/mol. The molecule has 2 rings (SSSR count). The van der Waals surface area contributed by atoms with Crippen molar-refractivity contribution in [2.75, 3.05) is 0 Å². The summed E-state index contributed by atoms with van der Waals surface area (Å²) >= 11 is 0. The van der Waals surface area contributed by atoms with Crippen molar-refractivity contribution in [2.24, 2.45) is 11.8 Å². The van der Waals surface area contributed by atoms with Crippen LogP contribution in [0.3, 0.4) is 0 Å². The van der Waals surface area contributed by atoms with Crippen LogP contribution in [0.2, 0.25) is 0 Å². The van der Waals surface area contributed by atoms with E-state index in [-0.39, 0.29) is 6.04 Å². The normalized spacial score (nSPS) is 23.2. The molecule has 0 spiro atoms. The van der Waals surface area contributed by atoms with E-state index in [1.54, 1.807) is 0 Å². The lowest BCUT2D eigenvalue weighted by Crippen LogP contribution is -2.34. The summed E-state index contributed by atoms with van der Waals surface area (Å²) in [5, 5.41) is 2.86. The third kappa shape index (κ3) is 3.99. The van der Waals surface area contributed by atoms with Crippen LogP contribution in [0.15, 0.2) is 12.5 Å². The van der Waals surface area contributed by atoms with Crippen LogP contribution in [-0.4, -0.2) is 21.2 Å². The first-order valence-corrected chi connectivity index (χ1v) is 7.26. The highest BCUT2D eigenvalue weighted by Gasteiger charge is 2.33. The zero-order chi connectivity index (χ0) is 14.9. The second kappa shape index (κ2) is 5.46. The minimum absolute atomic E-state index is 0.110. The first kappa shape index (κ1) is 14.9. The lowest BCUT2D eigenvalue weighted by atomic mass is 10.2. The molecule has 2 unspecified atom stereocenters. The van der Waals surface area contributed by atoms with Crippen molar-refractivity contribution >= 4 is 6.09 Å². The van der Waals surface area contributed by atoms with E-state index in [0.29, 0.717) is 0 Å². The van der Waals surface area contributed by atoms with Gasteiger partial charge in [0.05, 0.1) is 24.3 Å². The molecule has 5 nitrogen and oxygen atoms in total. The second-order valence-electron chi connectivity index (χ2n) is 6.81. The number of hydrogen-bond acceptors (Lipinski definition) is 3. The fraction of sp³-hybridized carbons (Fsp3) is 0.733. The fourth-order valence-electron chi connectivity index (χ4n) is 2.31. The first-order valence-electron chi connectivity index (χ1n) is 7.26. The Morgan fingerprint density at radius 2 is 2.25 bits per heavy atom. The molecule has 1 N–H and O–H groups in total. The zero-order valence-electron chi connectivity index (χ0n) is 13.0. The number of ether oxygens (including phenoxy) is 1. The van der Waals surface area contributed by atoms with Gasteiger partial charge in [-0.2, -0.15) is 0 Å². The van der Waals surface area contributed by atoms with Gasteiger partial charge >= 0.3 is 6.09 Å². The van der Waals surface area contributed by atoms with Gasteiger partial charge in [0.1, 0.15) is 5.60 Å². The average Bonchev–Trinajstić information content (AvgIpc) is 2.80. The van der Waals surface area contributed by atoms with Crippen molar-refractivity contribution in [3.8, 4) is 0 Å². The van der Waals surface area contributed by atoms with Gasteiger partial charge in [0.2, 0.25) is 0 Å². The third-order valence-corrected chi connectivity index (χ3v) is 3.63. The van der Waals surface area contributed by atoms with Crippen LogP contribution in [0.25, 0.3) is 0 Å². The summed E-state index contributed by atoms with van der Waals surface area (Å²) in [6.45, 7) is 10.8. The van der Waals surface area contributed by atoms with Crippen LogP contribution < -0.4 is 5.32 Å². The second-order valence-corrected chi connectivity index (χ2v) is 6.81. The number of hydrogen-bond donors (Lipinski definition) is 1. The molecule has 0 bridgehead atoms. The van der Waals surface area contributed by atoms with Crippen molar-refractivity contribution in [1.29, 1.82) is 0 Å². The summed E-state index contributed by atoms with van der Waals surface area (Å²) in [6.07, 6.45) is 4.55. The highest BCUT2D eigenvalue weighted by atomic mass is 16.6. The predicted octanol–water partition coefficient (Wildman–Crippen LogP) is 3.12. The van der Waals surface area contributed by atoms with Gasteiger partial charge in [0, 0.05) is 6.54 Å². The van der Waals surface area contributed by atoms with Gasteiger partial charge in [0.25, 0.3) is 0 Å². The van der Waals surface area contributed by atoms with Crippen LogP contribution in [0, 0.1) is 11.8 Å². The maximum absolute atomic E-state index is 11.8. The first-order chi connectivity index (χ1) is 9.26. The molecule has 1 aliphatic carbocycles. The van der Waals surface area contributed by atoms with Crippen molar-refractivity contribution in [2.45, 2.75) is 59.2 Å². The summed E-state index contributed by atoms with van der Waals surface area (Å²) in [5.74, 6) is 1.55. The Morgan fingerprint density at radius 1 is 1.60 bits per heavy atom. The Balaban J connectivity index is 1.93. The number of alkyl carbamates (subject to hydrolysis) is 1. The number of aromatic nitrogens is 2. The maximum atomic E-state index is 11.8. The lowest BCUT2D eigenvalue weighted by molar-refractivity contribution is 0.0506. The van der Waals surface area contributed by atoms with E-state index in [9.17, 15) is 4.79 Å². The minimum Gasteiger partial charge on any atom is -0.444 e. The van der Waals surface area contributed by atoms with Crippen LogP contribution in [0.4, 0.5) is 4.79 Å². The molecule has 1 amide bonds. The van der Waals surface area contributed by atoms with E-state index in [4.69, 9.17) is 4.74 Å². The summed E-state index contributed by atoms with van der Waals surface area (Å²) in [4.78, 5) is 16.0. The van der Waals surface area contributed by atoms with Gasteiger partial charge in [-0.3, -0.25) is 0 Å². The molecule has 5 heteroatoms. The van der Waals surface area contributed by atoms with Gasteiger partial charge < -0.3 is 14.6 Å². The molecule has 20 heavy (non-hydrogen) atoms. The van der Waals surface area contributed by atoms with Crippen LogP contribution in [-0.2, 0) is 11.3 Å². The number of nitrogens with one attached hydrogen (secondary N) is 1. The van der Waals surface area contributed by atoms with Crippen LogP contribution in [0.5, 0.6) is 0 Å². The maximum Gasteiger partial charge on any atom is 0.408 e. The van der Waals surface area contributed by atoms with Crippen molar-refractivity contribution in [1.82, 2.24) is 14.9 Å². The van der Waals surface area contributed by atoms with E-state index >= 15 is 0 Å². The van der Waals surface area contributed by atoms with Gasteiger partial charge in [-0.05, 0) is 46.0 Å². The van der Waals surface area contributed by atoms with Crippen LogP contribution in [0.1, 0.15) is 52.8 Å². The fourth-order valence-corrected chi connectivity index (χ4v) is 2.31. The molecule has 1 saturated carbocycles. The van der Waals surface area contributed by atoms with Crippen LogP contribution >= 0.6 is 0 Å². The topological polar surface area (TPSA) is 56.2 Å². The van der Waals surface area contributed by atoms with E-state index in [2.05, 4.69) is 21.8 Å². The average molecular weight is 279 g/mol. The van der Waals surface area contributed by atoms with Crippen molar-refractivity contribution in [3.63, 3.8) is 0 Å². The number of amides is 1. The molecule has 3 atom stereocenters. The molecule has 112 valence electrons. The van der Waals surface area contributed by atoms with E-state index in [1.807, 2.05) is 40.2 Å². The molecule has 1 heterocycles. The summed E-state index contributed by atoms with van der Waals surface area (Å²) < 4.78 is 7.41. The molecule has 1 aromatic rings. The molecule has 0 radical (unpaired) electrons. The standard InChI is InChI=1S/C15H25N3O2/c1-10-6-12(10)8-18-9-16-7-13(18)11(2)17-14(19)20-15(3,4)5/h7,9-12H,6,8H2,1-5H3,(H,17,19)/t10?,11-,12?/m1/s1. The Hall–Kier alpha value is -1.52. The molecule has 0 saturated heterocycles. The van der Waals surface area contributed by atoms with Gasteiger partial charge in [-0.25, -0.2) is 9.78 Å². The molecule has 1 fully saturated rings. The number of imidazole rings is 1. The van der Waals surface area contributed by atoms with Crippen molar-refractivity contribution < 1.29 is 9.53 Å². The summed E-state index contributed by atoms with van der Waals surface area (Å²) in [6, 6.07) is -0.110. The van der Waals surface area contributed by atoms with Gasteiger partial charge in [0.15, 0.2) is 0 Å². The highest BCUT2D eigenvalue weighted by molar-refractivity contribution is 5.68. The molecule has 1 aliphatic rings. The molecule has 1 aromatic heterocycles. The lowest BCUT2D eigenvalue weighted by Gasteiger charge is -2.22. The number of carbonyl (C=O) groups is 1. The van der Waals surface area contributed by atoms with E-state index < -0.39 is 11.7 Å². The van der Waals surface area contributed by atoms with Crippen molar-refractivity contribution in [3.05, 3.63) is 18.2 Å². The Labute approximate surface area is 120 Å². The number of rotatable bonds is 4. The Kier molecular flexibility index (Phi) is 4.06. The van der Waals surface area contributed by atoms with Gasteiger partial charge in [-0.15, -0.1) is 0 Å². The van der Waals surface area contributed by atoms with Gasteiger partial charge in [-0.1, -0.05) is 6.92 Å². The highest BCUT2D eigenvalue weighted by Crippen LogP contribution is 2.39. The predicted molar refractivity (Wildman–Crippen MR) is 77.3 cm³/mol. The molecule has 0 aliphatic heterocycles. The largest absolute Gasteiger partial charge is 0.444 e. The summed E-state index contributed by atoms with van der Waals surface area (Å²) in [5.41, 5.74) is 0.544. The number of nitrogens with zero attached hydrogens (tertiary/aromatic N) is 2. The quantitative estimate of drug-likeness (QED) is 0.921. The molecular formula is C15H25N3O2. The smallest absolute Gasteiger partial charge is 0.408 e. The molecule has 0 aromatic carbocycles.